The second-order valence-electron chi connectivity index (χ2n) is 7.64. The average molecular weight is 408 g/mol. The van der Waals surface area contributed by atoms with Crippen molar-refractivity contribution in [3.05, 3.63) is 64.0 Å². The standard InChI is InChI=1S/C23H25N3O2S/c1-16-7-9-18(10-8-16)19-14-29-22-21(19)23(28)26(15-25-22)12-11-20(27)24-13-17-5-3-2-4-6-17/h2-3,7-10,14-15,17H,4-6,11-13H2,1H3,(H,24,27). The molecule has 0 saturated heterocycles. The molecule has 1 atom stereocenters. The Morgan fingerprint density at radius 1 is 1.28 bits per heavy atom. The van der Waals surface area contributed by atoms with Gasteiger partial charge in [-0.05, 0) is 37.7 Å². The molecule has 6 heteroatoms. The molecule has 1 aliphatic rings. The summed E-state index contributed by atoms with van der Waals surface area (Å²) in [5.74, 6) is 0.503. The zero-order valence-electron chi connectivity index (χ0n) is 16.6. The van der Waals surface area contributed by atoms with Crippen LogP contribution in [0.15, 0.2) is 52.9 Å². The second kappa shape index (κ2) is 8.74. The van der Waals surface area contributed by atoms with Crippen molar-refractivity contribution < 1.29 is 4.79 Å². The highest BCUT2D eigenvalue weighted by atomic mass is 32.1. The van der Waals surface area contributed by atoms with Gasteiger partial charge < -0.3 is 5.32 Å². The van der Waals surface area contributed by atoms with Crippen LogP contribution in [0.5, 0.6) is 0 Å². The first-order valence-corrected chi connectivity index (χ1v) is 10.9. The molecule has 0 fully saturated rings. The van der Waals surface area contributed by atoms with Gasteiger partial charge in [-0.25, -0.2) is 4.98 Å². The van der Waals surface area contributed by atoms with E-state index in [4.69, 9.17) is 0 Å². The maximum absolute atomic E-state index is 13.1. The van der Waals surface area contributed by atoms with Crippen LogP contribution in [-0.2, 0) is 11.3 Å². The van der Waals surface area contributed by atoms with Crippen LogP contribution in [0, 0.1) is 12.8 Å². The number of amides is 1. The van der Waals surface area contributed by atoms with Crippen LogP contribution >= 0.6 is 11.3 Å². The zero-order chi connectivity index (χ0) is 20.2. The Balaban J connectivity index is 1.46. The smallest absolute Gasteiger partial charge is 0.262 e. The SMILES string of the molecule is Cc1ccc(-c2csc3ncn(CCC(=O)NCC4CC=CCC4)c(=O)c23)cc1. The fourth-order valence-electron chi connectivity index (χ4n) is 3.68. The van der Waals surface area contributed by atoms with E-state index in [1.807, 2.05) is 36.6 Å². The van der Waals surface area contributed by atoms with Gasteiger partial charge in [-0.15, -0.1) is 11.3 Å². The number of aryl methyl sites for hydroxylation is 2. The minimum absolute atomic E-state index is 0.0179. The van der Waals surface area contributed by atoms with Crippen LogP contribution in [0.4, 0.5) is 0 Å². The third-order valence-electron chi connectivity index (χ3n) is 5.47. The molecule has 0 aliphatic heterocycles. The molecule has 5 nitrogen and oxygen atoms in total. The Morgan fingerprint density at radius 2 is 2.10 bits per heavy atom. The molecule has 0 saturated carbocycles. The zero-order valence-corrected chi connectivity index (χ0v) is 17.4. The molecule has 0 bridgehead atoms. The van der Waals surface area contributed by atoms with Crippen LogP contribution in [0.25, 0.3) is 21.3 Å². The molecular weight excluding hydrogens is 382 g/mol. The van der Waals surface area contributed by atoms with Gasteiger partial charge in [-0.2, -0.15) is 0 Å². The minimum atomic E-state index is -0.0861. The highest BCUT2D eigenvalue weighted by molar-refractivity contribution is 7.17. The lowest BCUT2D eigenvalue weighted by atomic mass is 9.94. The second-order valence-corrected chi connectivity index (χ2v) is 8.50. The molecule has 0 radical (unpaired) electrons. The van der Waals surface area contributed by atoms with Crippen LogP contribution in [-0.4, -0.2) is 22.0 Å². The van der Waals surface area contributed by atoms with Crippen LogP contribution in [0.3, 0.4) is 0 Å². The fourth-order valence-corrected chi connectivity index (χ4v) is 4.59. The number of allylic oxidation sites excluding steroid dienone is 2. The van der Waals surface area contributed by atoms with Crippen LogP contribution in [0.2, 0.25) is 0 Å². The quantitative estimate of drug-likeness (QED) is 0.620. The topological polar surface area (TPSA) is 64.0 Å². The number of hydrogen-bond donors (Lipinski definition) is 1. The van der Waals surface area contributed by atoms with E-state index in [0.717, 1.165) is 35.2 Å². The van der Waals surface area contributed by atoms with Crippen LogP contribution in [0.1, 0.15) is 31.2 Å². The predicted octanol–water partition coefficient (Wildman–Crippen LogP) is 4.30. The Kier molecular flexibility index (Phi) is 5.90. The number of hydrogen-bond acceptors (Lipinski definition) is 4. The van der Waals surface area contributed by atoms with E-state index in [1.165, 1.54) is 16.9 Å². The van der Waals surface area contributed by atoms with Gasteiger partial charge in [0.2, 0.25) is 5.91 Å². The van der Waals surface area contributed by atoms with E-state index in [9.17, 15) is 9.59 Å². The van der Waals surface area contributed by atoms with Gasteiger partial charge in [0, 0.05) is 30.5 Å². The summed E-state index contributed by atoms with van der Waals surface area (Å²) in [6.07, 6.45) is 9.46. The van der Waals surface area contributed by atoms with Crippen molar-refractivity contribution in [2.75, 3.05) is 6.54 Å². The van der Waals surface area contributed by atoms with Crippen molar-refractivity contribution in [2.24, 2.45) is 5.92 Å². The summed E-state index contributed by atoms with van der Waals surface area (Å²) < 4.78 is 1.55. The molecular formula is C23H25N3O2S. The number of thiophene rings is 1. The molecule has 2 aromatic heterocycles. The van der Waals surface area contributed by atoms with E-state index in [-0.39, 0.29) is 17.9 Å². The Bertz CT molecular complexity index is 1100. The number of nitrogens with one attached hydrogen (secondary N) is 1. The molecule has 0 spiro atoms. The number of rotatable bonds is 6. The van der Waals surface area contributed by atoms with Crippen molar-refractivity contribution in [1.82, 2.24) is 14.9 Å². The monoisotopic (exact) mass is 407 g/mol. The van der Waals surface area contributed by atoms with E-state index < -0.39 is 0 Å². The van der Waals surface area contributed by atoms with Crippen molar-refractivity contribution in [3.8, 4) is 11.1 Å². The van der Waals surface area contributed by atoms with Crippen LogP contribution < -0.4 is 10.9 Å². The Hall–Kier alpha value is -2.73. The average Bonchev–Trinajstić information content (AvgIpc) is 3.18. The molecule has 1 aromatic carbocycles. The third-order valence-corrected chi connectivity index (χ3v) is 6.35. The summed E-state index contributed by atoms with van der Waals surface area (Å²) in [6.45, 7) is 3.08. The van der Waals surface area contributed by atoms with Gasteiger partial charge in [-0.3, -0.25) is 14.2 Å². The third kappa shape index (κ3) is 4.48. The Labute approximate surface area is 174 Å². The first kappa shape index (κ1) is 19.6. The normalized spacial score (nSPS) is 16.2. The maximum Gasteiger partial charge on any atom is 0.262 e. The first-order valence-electron chi connectivity index (χ1n) is 10.1. The molecule has 1 aliphatic carbocycles. The molecule has 1 amide bonds. The van der Waals surface area contributed by atoms with E-state index in [1.54, 1.807) is 10.9 Å². The van der Waals surface area contributed by atoms with Crippen molar-refractivity contribution in [2.45, 2.75) is 39.2 Å². The number of carbonyl (C=O) groups excluding carboxylic acids is 1. The molecule has 1 N–H and O–H groups in total. The van der Waals surface area contributed by atoms with Gasteiger partial charge in [0.05, 0.1) is 11.7 Å². The first-order chi connectivity index (χ1) is 14.1. The lowest BCUT2D eigenvalue weighted by molar-refractivity contribution is -0.121. The van der Waals surface area contributed by atoms with E-state index in [0.29, 0.717) is 24.4 Å². The fraction of sp³-hybridized carbons (Fsp3) is 0.348. The number of benzene rings is 1. The van der Waals surface area contributed by atoms with Gasteiger partial charge in [0.25, 0.3) is 5.56 Å². The van der Waals surface area contributed by atoms with Gasteiger partial charge in [-0.1, -0.05) is 42.0 Å². The predicted molar refractivity (Wildman–Crippen MR) is 118 cm³/mol. The number of fused-ring (bicyclic) bond motifs is 1. The number of nitrogens with zero attached hydrogens (tertiary/aromatic N) is 2. The largest absolute Gasteiger partial charge is 0.356 e. The van der Waals surface area contributed by atoms with E-state index in [2.05, 4.69) is 22.5 Å². The summed E-state index contributed by atoms with van der Waals surface area (Å²) in [5, 5.41) is 5.63. The summed E-state index contributed by atoms with van der Waals surface area (Å²) in [7, 11) is 0. The molecule has 2 heterocycles. The lowest BCUT2D eigenvalue weighted by Crippen LogP contribution is -2.31. The highest BCUT2D eigenvalue weighted by Gasteiger charge is 2.15. The highest BCUT2D eigenvalue weighted by Crippen LogP contribution is 2.30. The minimum Gasteiger partial charge on any atom is -0.356 e. The van der Waals surface area contributed by atoms with Crippen molar-refractivity contribution >= 4 is 27.5 Å². The van der Waals surface area contributed by atoms with Crippen molar-refractivity contribution in [1.29, 1.82) is 0 Å². The van der Waals surface area contributed by atoms with Gasteiger partial charge >= 0.3 is 0 Å². The van der Waals surface area contributed by atoms with Gasteiger partial charge in [0.15, 0.2) is 0 Å². The molecule has 4 rings (SSSR count). The molecule has 29 heavy (non-hydrogen) atoms. The summed E-state index contributed by atoms with van der Waals surface area (Å²) >= 11 is 1.47. The van der Waals surface area contributed by atoms with Gasteiger partial charge in [0.1, 0.15) is 4.83 Å². The number of carbonyl (C=O) groups is 1. The molecule has 1 unspecified atom stereocenters. The summed E-state index contributed by atoms with van der Waals surface area (Å²) in [4.78, 5) is 30.5. The Morgan fingerprint density at radius 3 is 2.86 bits per heavy atom. The van der Waals surface area contributed by atoms with Crippen molar-refractivity contribution in [3.63, 3.8) is 0 Å². The van der Waals surface area contributed by atoms with E-state index >= 15 is 0 Å². The molecule has 3 aromatic rings. The maximum atomic E-state index is 13.1. The summed E-state index contributed by atoms with van der Waals surface area (Å²) in [6, 6.07) is 8.14. The molecule has 150 valence electrons. The lowest BCUT2D eigenvalue weighted by Gasteiger charge is -2.18. The summed E-state index contributed by atoms with van der Waals surface area (Å²) in [5.41, 5.74) is 3.01. The number of aromatic nitrogens is 2.